The highest BCUT2D eigenvalue weighted by molar-refractivity contribution is 5.53. The second-order valence-corrected chi connectivity index (χ2v) is 2.89. The number of unbranched alkanes of at least 4 members (excludes halogenated alkanes) is 2. The van der Waals surface area contributed by atoms with E-state index in [-0.39, 0.29) is 0 Å². The monoisotopic (exact) mass is 153 g/mol. The van der Waals surface area contributed by atoms with Crippen molar-refractivity contribution in [1.82, 2.24) is 4.90 Å². The van der Waals surface area contributed by atoms with Crippen LogP contribution in [0.2, 0.25) is 0 Å². The van der Waals surface area contributed by atoms with Gasteiger partial charge in [-0.1, -0.05) is 19.8 Å². The Labute approximate surface area is 68.6 Å². The zero-order chi connectivity index (χ0) is 7.94. The molecule has 0 amide bonds. The van der Waals surface area contributed by atoms with E-state index >= 15 is 0 Å². The van der Waals surface area contributed by atoms with Gasteiger partial charge in [0.2, 0.25) is 0 Å². The lowest BCUT2D eigenvalue weighted by Gasteiger charge is -2.16. The molecule has 0 aromatic rings. The normalized spacial score (nSPS) is 15.9. The third-order valence-electron chi connectivity index (χ3n) is 1.87. The smallest absolute Gasteiger partial charge is 0.182 e. The lowest BCUT2D eigenvalue weighted by Crippen LogP contribution is -2.65. The van der Waals surface area contributed by atoms with Gasteiger partial charge in [-0.25, -0.2) is 4.99 Å². The van der Waals surface area contributed by atoms with Crippen molar-refractivity contribution in [2.24, 2.45) is 0 Å². The molecule has 0 aromatic carbocycles. The van der Waals surface area contributed by atoms with Crippen LogP contribution in [0.4, 0.5) is 0 Å². The van der Waals surface area contributed by atoms with Crippen LogP contribution < -0.4 is 4.99 Å². The largest absolute Gasteiger partial charge is 0.363 e. The average Bonchev–Trinajstić information content (AvgIpc) is 2.07. The molecule has 0 saturated carbocycles. The summed E-state index contributed by atoms with van der Waals surface area (Å²) < 4.78 is 0. The molecule has 0 unspecified atom stereocenters. The zero-order valence-corrected chi connectivity index (χ0v) is 7.21. The highest BCUT2D eigenvalue weighted by Crippen LogP contribution is 1.97. The fourth-order valence-electron chi connectivity index (χ4n) is 1.18. The summed E-state index contributed by atoms with van der Waals surface area (Å²) in [7, 11) is 0. The van der Waals surface area contributed by atoms with Crippen LogP contribution in [0.15, 0.2) is 12.4 Å². The van der Waals surface area contributed by atoms with Crippen LogP contribution >= 0.6 is 0 Å². The molecule has 0 aliphatic carbocycles. The fourth-order valence-corrected chi connectivity index (χ4v) is 1.18. The van der Waals surface area contributed by atoms with Gasteiger partial charge < -0.3 is 4.90 Å². The van der Waals surface area contributed by atoms with E-state index in [0.29, 0.717) is 0 Å². The third kappa shape index (κ3) is 3.21. The highest BCUT2D eigenvalue weighted by atomic mass is 15.1. The molecule has 0 fully saturated rings. The minimum Gasteiger partial charge on any atom is -0.363 e. The van der Waals surface area contributed by atoms with Gasteiger partial charge in [0.05, 0.1) is 12.7 Å². The van der Waals surface area contributed by atoms with E-state index in [4.69, 9.17) is 0 Å². The van der Waals surface area contributed by atoms with E-state index in [0.717, 1.165) is 6.54 Å². The van der Waals surface area contributed by atoms with Gasteiger partial charge in [0.1, 0.15) is 0 Å². The predicted molar refractivity (Wildman–Crippen MR) is 47.3 cm³/mol. The molecule has 0 radical (unpaired) electrons. The van der Waals surface area contributed by atoms with Crippen molar-refractivity contribution < 1.29 is 4.99 Å². The van der Waals surface area contributed by atoms with Crippen molar-refractivity contribution in [1.29, 1.82) is 0 Å². The first kappa shape index (κ1) is 8.31. The van der Waals surface area contributed by atoms with Crippen LogP contribution in [0.25, 0.3) is 0 Å². The molecule has 62 valence electrons. The van der Waals surface area contributed by atoms with Crippen LogP contribution in [-0.4, -0.2) is 24.2 Å². The predicted octanol–water partition coefficient (Wildman–Crippen LogP) is 0.115. The van der Waals surface area contributed by atoms with Crippen LogP contribution in [0, 0.1) is 0 Å². The highest BCUT2D eigenvalue weighted by Gasteiger charge is 2.01. The van der Waals surface area contributed by atoms with E-state index in [2.05, 4.69) is 29.2 Å². The summed E-state index contributed by atoms with van der Waals surface area (Å²) in [5.41, 5.74) is 0. The second-order valence-electron chi connectivity index (χ2n) is 2.89. The quantitative estimate of drug-likeness (QED) is 0.568. The minimum atomic E-state index is 1.04. The van der Waals surface area contributed by atoms with Gasteiger partial charge in [0, 0.05) is 6.54 Å². The summed E-state index contributed by atoms with van der Waals surface area (Å²) in [6.07, 6.45) is 10.1. The molecule has 11 heavy (non-hydrogen) atoms. The Kier molecular flexibility index (Phi) is 3.73. The third-order valence-corrected chi connectivity index (χ3v) is 1.87. The Morgan fingerprint density at radius 1 is 1.45 bits per heavy atom. The van der Waals surface area contributed by atoms with Gasteiger partial charge >= 0.3 is 0 Å². The number of nitrogens with zero attached hydrogens (tertiary/aromatic N) is 1. The Hall–Kier alpha value is -0.790. The van der Waals surface area contributed by atoms with E-state index in [1.807, 2.05) is 6.20 Å². The van der Waals surface area contributed by atoms with E-state index in [9.17, 15) is 0 Å². The topological polar surface area (TPSA) is 17.2 Å². The molecule has 1 rings (SSSR count). The maximum Gasteiger partial charge on any atom is 0.182 e. The maximum atomic E-state index is 3.06. The first-order chi connectivity index (χ1) is 5.43. The Morgan fingerprint density at radius 3 is 3.00 bits per heavy atom. The maximum absolute atomic E-state index is 3.06. The van der Waals surface area contributed by atoms with Crippen LogP contribution in [0.3, 0.4) is 0 Å². The lowest BCUT2D eigenvalue weighted by molar-refractivity contribution is -0.372. The van der Waals surface area contributed by atoms with E-state index in [1.54, 1.807) is 0 Å². The molecule has 1 N–H and O–H groups in total. The summed E-state index contributed by atoms with van der Waals surface area (Å²) in [4.78, 5) is 5.38. The molecular formula is C9H17N2+. The molecule has 2 heteroatoms. The summed E-state index contributed by atoms with van der Waals surface area (Å²) >= 11 is 0. The number of nitrogens with one attached hydrogen (secondary N) is 1. The summed E-state index contributed by atoms with van der Waals surface area (Å²) in [5.74, 6) is 0. The van der Waals surface area contributed by atoms with Gasteiger partial charge in [-0.15, -0.1) is 0 Å². The summed E-state index contributed by atoms with van der Waals surface area (Å²) in [6.45, 7) is 4.47. The standard InChI is InChI=1S/C9H16N2/c1-2-3-4-7-11-8-5-10-6-9-11/h5-6,8H,2-4,7,9H2,1H3/p+1. The van der Waals surface area contributed by atoms with Gasteiger partial charge in [-0.05, 0) is 6.42 Å². The molecule has 0 spiro atoms. The molecule has 1 heterocycles. The van der Waals surface area contributed by atoms with Crippen LogP contribution in [0.1, 0.15) is 26.2 Å². The first-order valence-electron chi connectivity index (χ1n) is 4.42. The lowest BCUT2D eigenvalue weighted by atomic mass is 10.2. The average molecular weight is 153 g/mol. The number of hydrogen-bond acceptors (Lipinski definition) is 1. The van der Waals surface area contributed by atoms with Crippen molar-refractivity contribution in [3.8, 4) is 0 Å². The summed E-state index contributed by atoms with van der Waals surface area (Å²) in [6, 6.07) is 0. The van der Waals surface area contributed by atoms with Crippen molar-refractivity contribution in [3.63, 3.8) is 0 Å². The molecule has 1 aliphatic rings. The molecule has 0 bridgehead atoms. The van der Waals surface area contributed by atoms with Crippen LogP contribution in [-0.2, 0) is 0 Å². The van der Waals surface area contributed by atoms with Gasteiger partial charge in [-0.3, -0.25) is 0 Å². The fraction of sp³-hybridized carbons (Fsp3) is 0.667. The van der Waals surface area contributed by atoms with E-state index in [1.165, 1.54) is 25.8 Å². The summed E-state index contributed by atoms with van der Waals surface area (Å²) in [5, 5.41) is 0. The van der Waals surface area contributed by atoms with Crippen molar-refractivity contribution >= 4 is 6.21 Å². The number of hydrogen-bond donors (Lipinski definition) is 1. The Morgan fingerprint density at radius 2 is 2.36 bits per heavy atom. The first-order valence-corrected chi connectivity index (χ1v) is 4.42. The molecule has 1 aliphatic heterocycles. The van der Waals surface area contributed by atoms with Gasteiger partial charge in [0.25, 0.3) is 0 Å². The van der Waals surface area contributed by atoms with Gasteiger partial charge in [0.15, 0.2) is 12.4 Å². The van der Waals surface area contributed by atoms with E-state index < -0.39 is 0 Å². The second kappa shape index (κ2) is 4.94. The van der Waals surface area contributed by atoms with Gasteiger partial charge in [-0.2, -0.15) is 0 Å². The zero-order valence-electron chi connectivity index (χ0n) is 7.21. The molecule has 0 saturated heterocycles. The molecule has 2 nitrogen and oxygen atoms in total. The number of rotatable bonds is 4. The molecule has 0 atom stereocenters. The SMILES string of the molecule is CCCCCN1C=C[NH+]=CC1. The van der Waals surface area contributed by atoms with Crippen molar-refractivity contribution in [2.45, 2.75) is 26.2 Å². The Bertz CT molecular complexity index is 150. The Balaban J connectivity index is 2.07. The molecule has 0 aromatic heterocycles. The minimum absolute atomic E-state index is 1.04. The van der Waals surface area contributed by atoms with Crippen molar-refractivity contribution in [3.05, 3.63) is 12.4 Å². The molecular weight excluding hydrogens is 136 g/mol. The van der Waals surface area contributed by atoms with Crippen molar-refractivity contribution in [2.75, 3.05) is 13.1 Å². The van der Waals surface area contributed by atoms with Crippen LogP contribution in [0.5, 0.6) is 0 Å².